The highest BCUT2D eigenvalue weighted by Gasteiger charge is 2.32. The lowest BCUT2D eigenvalue weighted by Crippen LogP contribution is -2.30. The van der Waals surface area contributed by atoms with Crippen LogP contribution in [0, 0.1) is 0 Å². The number of nitrogens with zero attached hydrogens (tertiary/aromatic N) is 2. The molecule has 3 heterocycles. The van der Waals surface area contributed by atoms with E-state index in [9.17, 15) is 9.90 Å². The number of oxazole rings is 1. The van der Waals surface area contributed by atoms with E-state index in [0.717, 1.165) is 12.8 Å². The molecular weight excluding hydrogens is 236 g/mol. The zero-order valence-corrected chi connectivity index (χ0v) is 10.0. The third-order valence-corrected chi connectivity index (χ3v) is 3.47. The number of aromatic nitrogens is 1. The van der Waals surface area contributed by atoms with Crippen LogP contribution in [0.1, 0.15) is 41.6 Å². The molecule has 3 rings (SSSR count). The number of rotatable bonds is 2. The van der Waals surface area contributed by atoms with Crippen molar-refractivity contribution >= 4 is 5.91 Å². The molecule has 2 saturated heterocycles. The summed E-state index contributed by atoms with van der Waals surface area (Å²) in [5.41, 5.74) is 0.330. The van der Waals surface area contributed by atoms with E-state index in [-0.39, 0.29) is 12.0 Å². The van der Waals surface area contributed by atoms with E-state index in [1.165, 1.54) is 6.39 Å². The van der Waals surface area contributed by atoms with Gasteiger partial charge in [0.1, 0.15) is 6.10 Å². The maximum Gasteiger partial charge on any atom is 0.276 e. The van der Waals surface area contributed by atoms with Gasteiger partial charge in [0.25, 0.3) is 5.91 Å². The van der Waals surface area contributed by atoms with Crippen LogP contribution in [-0.2, 0) is 4.74 Å². The van der Waals surface area contributed by atoms with Crippen molar-refractivity contribution in [3.63, 3.8) is 0 Å². The fraction of sp³-hybridized carbons (Fsp3) is 0.667. The van der Waals surface area contributed by atoms with Crippen LogP contribution in [0.3, 0.4) is 0 Å². The lowest BCUT2D eigenvalue weighted by atomic mass is 10.1. The first-order valence-corrected chi connectivity index (χ1v) is 6.28. The highest BCUT2D eigenvalue weighted by Crippen LogP contribution is 2.31. The second-order valence-electron chi connectivity index (χ2n) is 4.76. The first-order chi connectivity index (χ1) is 8.75. The molecule has 1 aromatic heterocycles. The summed E-state index contributed by atoms with van der Waals surface area (Å²) in [5.74, 6) is 0.352. The average molecular weight is 252 g/mol. The summed E-state index contributed by atoms with van der Waals surface area (Å²) in [6.07, 6.45) is 3.17. The van der Waals surface area contributed by atoms with E-state index < -0.39 is 6.10 Å². The fourth-order valence-electron chi connectivity index (χ4n) is 2.50. The molecular formula is C12H16N2O4. The molecule has 2 atom stereocenters. The van der Waals surface area contributed by atoms with E-state index >= 15 is 0 Å². The average Bonchev–Trinajstić information content (AvgIpc) is 3.08. The standard InChI is InChI=1S/C12H16N2O4/c15-8-3-4-14(6-8)12(16)10-11(18-7-13-10)9-2-1-5-17-9/h7-9,15H,1-6H2/t8-,9?/m1/s1. The lowest BCUT2D eigenvalue weighted by molar-refractivity contribution is 0.0724. The molecule has 0 radical (unpaired) electrons. The number of aliphatic hydroxyl groups excluding tert-OH is 1. The molecule has 1 aromatic rings. The molecule has 18 heavy (non-hydrogen) atoms. The maximum absolute atomic E-state index is 12.3. The molecule has 0 bridgehead atoms. The Kier molecular flexibility index (Phi) is 3.05. The Morgan fingerprint density at radius 1 is 1.50 bits per heavy atom. The molecule has 0 spiro atoms. The Balaban J connectivity index is 1.79. The Morgan fingerprint density at radius 2 is 2.39 bits per heavy atom. The van der Waals surface area contributed by atoms with Crippen molar-refractivity contribution in [3.8, 4) is 0 Å². The van der Waals surface area contributed by atoms with E-state index in [1.807, 2.05) is 0 Å². The second kappa shape index (κ2) is 4.70. The van der Waals surface area contributed by atoms with E-state index in [1.54, 1.807) is 4.90 Å². The number of hydrogen-bond acceptors (Lipinski definition) is 5. The van der Waals surface area contributed by atoms with Crippen LogP contribution in [0.4, 0.5) is 0 Å². The number of β-amino-alcohol motifs (C(OH)–C–C–N with tert-alkyl or cyclic N) is 1. The van der Waals surface area contributed by atoms with E-state index in [2.05, 4.69) is 4.98 Å². The summed E-state index contributed by atoms with van der Waals surface area (Å²) in [6.45, 7) is 1.63. The van der Waals surface area contributed by atoms with Gasteiger partial charge in [0.2, 0.25) is 0 Å². The van der Waals surface area contributed by atoms with Crippen LogP contribution >= 0.6 is 0 Å². The molecule has 2 aliphatic rings. The summed E-state index contributed by atoms with van der Waals surface area (Å²) < 4.78 is 10.8. The van der Waals surface area contributed by atoms with E-state index in [0.29, 0.717) is 37.6 Å². The monoisotopic (exact) mass is 252 g/mol. The third-order valence-electron chi connectivity index (χ3n) is 3.47. The number of carbonyl (C=O) groups is 1. The van der Waals surface area contributed by atoms with Crippen LogP contribution in [0.15, 0.2) is 10.8 Å². The molecule has 6 heteroatoms. The van der Waals surface area contributed by atoms with Crippen molar-refractivity contribution in [1.29, 1.82) is 0 Å². The zero-order chi connectivity index (χ0) is 12.5. The molecule has 0 aromatic carbocycles. The van der Waals surface area contributed by atoms with Gasteiger partial charge in [0, 0.05) is 19.7 Å². The fourth-order valence-corrected chi connectivity index (χ4v) is 2.50. The Hall–Kier alpha value is -1.40. The molecule has 0 aliphatic carbocycles. The van der Waals surface area contributed by atoms with Gasteiger partial charge in [0.05, 0.1) is 6.10 Å². The summed E-state index contributed by atoms with van der Waals surface area (Å²) in [6, 6.07) is 0. The minimum atomic E-state index is -0.424. The van der Waals surface area contributed by atoms with Crippen LogP contribution in [0.25, 0.3) is 0 Å². The summed E-state index contributed by atoms with van der Waals surface area (Å²) in [5, 5.41) is 9.46. The summed E-state index contributed by atoms with van der Waals surface area (Å²) in [4.78, 5) is 17.9. The quantitative estimate of drug-likeness (QED) is 0.839. The number of ether oxygens (including phenoxy) is 1. The highest BCUT2D eigenvalue weighted by molar-refractivity contribution is 5.93. The van der Waals surface area contributed by atoms with E-state index in [4.69, 9.17) is 9.15 Å². The second-order valence-corrected chi connectivity index (χ2v) is 4.76. The van der Waals surface area contributed by atoms with Crippen molar-refractivity contribution < 1.29 is 19.1 Å². The van der Waals surface area contributed by atoms with Crippen molar-refractivity contribution in [2.24, 2.45) is 0 Å². The number of amides is 1. The van der Waals surface area contributed by atoms with Crippen LogP contribution in [0.2, 0.25) is 0 Å². The molecule has 6 nitrogen and oxygen atoms in total. The number of carbonyl (C=O) groups excluding carboxylic acids is 1. The van der Waals surface area contributed by atoms with Gasteiger partial charge in [-0.15, -0.1) is 0 Å². The van der Waals surface area contributed by atoms with Gasteiger partial charge < -0.3 is 19.2 Å². The SMILES string of the molecule is O=C(c1ncoc1C1CCCO1)N1CC[C@@H](O)C1. The predicted molar refractivity (Wildman–Crippen MR) is 61.0 cm³/mol. The predicted octanol–water partition coefficient (Wildman–Crippen LogP) is 0.733. The van der Waals surface area contributed by atoms with Gasteiger partial charge in [-0.05, 0) is 19.3 Å². The molecule has 1 N–H and O–H groups in total. The lowest BCUT2D eigenvalue weighted by Gasteiger charge is -2.15. The van der Waals surface area contributed by atoms with Gasteiger partial charge >= 0.3 is 0 Å². The summed E-state index contributed by atoms with van der Waals surface area (Å²) in [7, 11) is 0. The van der Waals surface area contributed by atoms with Crippen molar-refractivity contribution in [2.45, 2.75) is 31.5 Å². The van der Waals surface area contributed by atoms with Gasteiger partial charge in [0.15, 0.2) is 17.8 Å². The van der Waals surface area contributed by atoms with Gasteiger partial charge in [-0.25, -0.2) is 4.98 Å². The smallest absolute Gasteiger partial charge is 0.276 e. The Morgan fingerprint density at radius 3 is 3.06 bits per heavy atom. The third kappa shape index (κ3) is 2.02. The number of hydrogen-bond donors (Lipinski definition) is 1. The summed E-state index contributed by atoms with van der Waals surface area (Å²) >= 11 is 0. The van der Waals surface area contributed by atoms with Crippen molar-refractivity contribution in [3.05, 3.63) is 17.8 Å². The van der Waals surface area contributed by atoms with Crippen LogP contribution in [0.5, 0.6) is 0 Å². The minimum absolute atomic E-state index is 0.154. The molecule has 2 aliphatic heterocycles. The number of likely N-dealkylation sites (tertiary alicyclic amines) is 1. The maximum atomic E-state index is 12.3. The first kappa shape index (κ1) is 11.7. The Labute approximate surface area is 105 Å². The molecule has 1 amide bonds. The van der Waals surface area contributed by atoms with Gasteiger partial charge in [-0.2, -0.15) is 0 Å². The van der Waals surface area contributed by atoms with Crippen LogP contribution in [-0.4, -0.2) is 46.7 Å². The molecule has 2 fully saturated rings. The Bertz CT molecular complexity index is 439. The van der Waals surface area contributed by atoms with Crippen molar-refractivity contribution in [2.75, 3.05) is 19.7 Å². The molecule has 0 saturated carbocycles. The van der Waals surface area contributed by atoms with Gasteiger partial charge in [-0.1, -0.05) is 0 Å². The minimum Gasteiger partial charge on any atom is -0.445 e. The largest absolute Gasteiger partial charge is 0.445 e. The normalized spacial score (nSPS) is 27.9. The highest BCUT2D eigenvalue weighted by atomic mass is 16.5. The number of aliphatic hydroxyl groups is 1. The van der Waals surface area contributed by atoms with Crippen molar-refractivity contribution in [1.82, 2.24) is 9.88 Å². The molecule has 98 valence electrons. The zero-order valence-electron chi connectivity index (χ0n) is 10.0. The molecule has 1 unspecified atom stereocenters. The van der Waals surface area contributed by atoms with Crippen LogP contribution < -0.4 is 0 Å². The first-order valence-electron chi connectivity index (χ1n) is 6.28. The topological polar surface area (TPSA) is 75.8 Å². The van der Waals surface area contributed by atoms with Gasteiger partial charge in [-0.3, -0.25) is 4.79 Å².